The first kappa shape index (κ1) is 22.0. The van der Waals surface area contributed by atoms with Crippen LogP contribution in [0.4, 0.5) is 0 Å². The predicted octanol–water partition coefficient (Wildman–Crippen LogP) is 1.75. The fourth-order valence-corrected chi connectivity index (χ4v) is 4.08. The second kappa shape index (κ2) is 9.79. The zero-order chi connectivity index (χ0) is 19.3. The van der Waals surface area contributed by atoms with Crippen LogP contribution in [0.5, 0.6) is 0 Å². The lowest BCUT2D eigenvalue weighted by Crippen LogP contribution is -2.48. The zero-order valence-electron chi connectivity index (χ0n) is 15.2. The molecule has 1 saturated heterocycles. The summed E-state index contributed by atoms with van der Waals surface area (Å²) in [4.78, 5) is 19.1. The van der Waals surface area contributed by atoms with Gasteiger partial charge in [0.05, 0.1) is 10.9 Å². The van der Waals surface area contributed by atoms with Gasteiger partial charge in [0.15, 0.2) is 0 Å². The van der Waals surface area contributed by atoms with Gasteiger partial charge in [-0.2, -0.15) is 0 Å². The summed E-state index contributed by atoms with van der Waals surface area (Å²) in [5.74, 6) is -0.203. The molecule has 0 spiro atoms. The van der Waals surface area contributed by atoms with Gasteiger partial charge >= 0.3 is 0 Å². The summed E-state index contributed by atoms with van der Waals surface area (Å²) >= 11 is 0. The topological polar surface area (TPSA) is 91.4 Å². The molecule has 2 N–H and O–H groups in total. The van der Waals surface area contributed by atoms with E-state index in [4.69, 9.17) is 0 Å². The third-order valence-corrected chi connectivity index (χ3v) is 5.80. The number of carbonyl (C=O) groups excluding carboxylic acids is 1. The summed E-state index contributed by atoms with van der Waals surface area (Å²) in [5.41, 5.74) is 1.28. The maximum absolute atomic E-state index is 13.1. The number of hydrogen-bond donors (Lipinski definition) is 2. The molecule has 0 aliphatic carbocycles. The van der Waals surface area contributed by atoms with Crippen molar-refractivity contribution in [1.29, 1.82) is 0 Å². The maximum Gasteiger partial charge on any atom is 0.254 e. The Morgan fingerprint density at radius 3 is 2.89 bits per heavy atom. The Bertz CT molecular complexity index is 922. The molecule has 3 rings (SSSR count). The van der Waals surface area contributed by atoms with Crippen LogP contribution >= 0.6 is 12.4 Å². The van der Waals surface area contributed by atoms with Crippen LogP contribution in [-0.4, -0.2) is 50.4 Å². The van der Waals surface area contributed by atoms with Gasteiger partial charge in [0.25, 0.3) is 5.91 Å². The summed E-state index contributed by atoms with van der Waals surface area (Å²) in [6, 6.07) is 9.72. The van der Waals surface area contributed by atoms with E-state index in [0.29, 0.717) is 25.2 Å². The molecule has 0 radical (unpaired) electrons. The number of pyridine rings is 1. The maximum atomic E-state index is 13.1. The first-order valence-corrected chi connectivity index (χ1v) is 10.1. The minimum absolute atomic E-state index is 0. The molecule has 2 heterocycles. The molecule has 1 aliphatic rings. The lowest BCUT2D eigenvalue weighted by molar-refractivity contribution is 0.0633. The van der Waals surface area contributed by atoms with Crippen LogP contribution < -0.4 is 10.0 Å². The van der Waals surface area contributed by atoms with Crippen molar-refractivity contribution in [3.8, 4) is 0 Å². The molecule has 1 aliphatic heterocycles. The van der Waals surface area contributed by atoms with Crippen LogP contribution in [0.25, 0.3) is 0 Å². The van der Waals surface area contributed by atoms with Crippen molar-refractivity contribution >= 4 is 28.3 Å². The Kier molecular flexibility index (Phi) is 7.70. The predicted molar refractivity (Wildman–Crippen MR) is 110 cm³/mol. The highest BCUT2D eigenvalue weighted by Crippen LogP contribution is 2.24. The summed E-state index contributed by atoms with van der Waals surface area (Å²) in [6.45, 7) is 5.46. The lowest BCUT2D eigenvalue weighted by Gasteiger charge is -2.36. The quantitative estimate of drug-likeness (QED) is 0.692. The van der Waals surface area contributed by atoms with Gasteiger partial charge in [0.2, 0.25) is 10.0 Å². The number of piperazine rings is 1. The lowest BCUT2D eigenvalue weighted by atomic mass is 10.0. The fraction of sp³-hybridized carbons (Fsp3) is 0.263. The van der Waals surface area contributed by atoms with Crippen molar-refractivity contribution in [2.24, 2.45) is 0 Å². The summed E-state index contributed by atoms with van der Waals surface area (Å²) in [7, 11) is -3.69. The molecule has 1 atom stereocenters. The van der Waals surface area contributed by atoms with Crippen LogP contribution in [0.3, 0.4) is 0 Å². The molecule has 1 fully saturated rings. The van der Waals surface area contributed by atoms with E-state index in [2.05, 4.69) is 21.6 Å². The van der Waals surface area contributed by atoms with Gasteiger partial charge in [-0.15, -0.1) is 19.0 Å². The molecule has 150 valence electrons. The van der Waals surface area contributed by atoms with Crippen molar-refractivity contribution in [1.82, 2.24) is 19.9 Å². The molecule has 9 heteroatoms. The molecule has 0 saturated carbocycles. The highest BCUT2D eigenvalue weighted by atomic mass is 35.5. The van der Waals surface area contributed by atoms with Gasteiger partial charge in [0, 0.05) is 44.1 Å². The molecule has 1 aromatic carbocycles. The molecule has 7 nitrogen and oxygen atoms in total. The molecule has 1 unspecified atom stereocenters. The van der Waals surface area contributed by atoms with E-state index in [9.17, 15) is 13.2 Å². The zero-order valence-corrected chi connectivity index (χ0v) is 16.9. The monoisotopic (exact) mass is 422 g/mol. The van der Waals surface area contributed by atoms with E-state index < -0.39 is 10.0 Å². The number of hydrogen-bond acceptors (Lipinski definition) is 5. The Labute approximate surface area is 171 Å². The summed E-state index contributed by atoms with van der Waals surface area (Å²) in [6.07, 6.45) is 4.90. The first-order valence-electron chi connectivity index (χ1n) is 8.65. The van der Waals surface area contributed by atoms with Gasteiger partial charge in [0.1, 0.15) is 0 Å². The van der Waals surface area contributed by atoms with Crippen LogP contribution in [0.15, 0.2) is 66.3 Å². The van der Waals surface area contributed by atoms with Gasteiger partial charge in [-0.3, -0.25) is 9.78 Å². The van der Waals surface area contributed by atoms with E-state index in [0.717, 1.165) is 5.56 Å². The number of nitrogens with zero attached hydrogens (tertiary/aromatic N) is 2. The normalized spacial score (nSPS) is 16.9. The van der Waals surface area contributed by atoms with Gasteiger partial charge < -0.3 is 10.2 Å². The van der Waals surface area contributed by atoms with Crippen LogP contribution in [0.1, 0.15) is 22.0 Å². The second-order valence-corrected chi connectivity index (χ2v) is 7.94. The minimum atomic E-state index is -3.69. The highest BCUT2D eigenvalue weighted by molar-refractivity contribution is 7.89. The van der Waals surface area contributed by atoms with Crippen molar-refractivity contribution in [3.63, 3.8) is 0 Å². The van der Waals surface area contributed by atoms with Gasteiger partial charge in [-0.05, 0) is 29.8 Å². The molecule has 28 heavy (non-hydrogen) atoms. The average molecular weight is 423 g/mol. The Hall–Kier alpha value is -2.26. The van der Waals surface area contributed by atoms with E-state index in [-0.39, 0.29) is 35.8 Å². The second-order valence-electron chi connectivity index (χ2n) is 6.17. The van der Waals surface area contributed by atoms with Crippen molar-refractivity contribution in [3.05, 3.63) is 72.6 Å². The van der Waals surface area contributed by atoms with E-state index >= 15 is 0 Å². The van der Waals surface area contributed by atoms with Crippen molar-refractivity contribution < 1.29 is 13.2 Å². The average Bonchev–Trinajstić information content (AvgIpc) is 2.72. The van der Waals surface area contributed by atoms with E-state index in [1.807, 2.05) is 12.1 Å². The minimum Gasteiger partial charge on any atom is -0.329 e. The number of aromatic nitrogens is 1. The van der Waals surface area contributed by atoms with Crippen LogP contribution in [0, 0.1) is 0 Å². The molecule has 0 bridgehead atoms. The molecule has 1 aromatic heterocycles. The van der Waals surface area contributed by atoms with E-state index in [1.165, 1.54) is 18.2 Å². The van der Waals surface area contributed by atoms with Crippen molar-refractivity contribution in [2.45, 2.75) is 10.9 Å². The molecule has 1 amide bonds. The SMILES string of the molecule is C=CCNS(=O)(=O)c1cccc(C(=O)N2CCNCC2c2cccnc2)c1.Cl. The number of rotatable bonds is 6. The fourth-order valence-electron chi connectivity index (χ4n) is 3.03. The number of carbonyl (C=O) groups is 1. The molecular weight excluding hydrogens is 400 g/mol. The van der Waals surface area contributed by atoms with Crippen molar-refractivity contribution in [2.75, 3.05) is 26.2 Å². The Morgan fingerprint density at radius 2 is 2.18 bits per heavy atom. The largest absolute Gasteiger partial charge is 0.329 e. The molecular formula is C19H23ClN4O3S. The van der Waals surface area contributed by atoms with Gasteiger partial charge in [-0.25, -0.2) is 13.1 Å². The summed E-state index contributed by atoms with van der Waals surface area (Å²) in [5, 5.41) is 3.29. The first-order chi connectivity index (χ1) is 13.0. The number of halogens is 1. The third-order valence-electron chi connectivity index (χ3n) is 4.38. The highest BCUT2D eigenvalue weighted by Gasteiger charge is 2.29. The number of nitrogens with one attached hydrogen (secondary N) is 2. The van der Waals surface area contributed by atoms with Crippen LogP contribution in [0.2, 0.25) is 0 Å². The Balaban J connectivity index is 0.00000280. The third kappa shape index (κ3) is 4.96. The summed E-state index contributed by atoms with van der Waals surface area (Å²) < 4.78 is 27.1. The molecule has 2 aromatic rings. The number of amides is 1. The number of sulfonamides is 1. The van der Waals surface area contributed by atoms with Crippen LogP contribution in [-0.2, 0) is 10.0 Å². The Morgan fingerprint density at radius 1 is 1.36 bits per heavy atom. The standard InChI is InChI=1S/C19H22N4O3S.ClH/c1-2-8-22-27(25,26)17-7-3-5-15(12-17)19(24)23-11-10-21-14-18(23)16-6-4-9-20-13-16;/h2-7,9,12-13,18,21-22H,1,8,10-11,14H2;1H. The van der Waals surface area contributed by atoms with E-state index in [1.54, 1.807) is 29.4 Å². The smallest absolute Gasteiger partial charge is 0.254 e. The van der Waals surface area contributed by atoms with Gasteiger partial charge in [-0.1, -0.05) is 18.2 Å². The number of benzene rings is 1.